The van der Waals surface area contributed by atoms with Crippen molar-refractivity contribution in [2.24, 2.45) is 0 Å². The predicted molar refractivity (Wildman–Crippen MR) is 135 cm³/mol. The average Bonchev–Trinajstić information content (AvgIpc) is 2.69. The maximum atomic E-state index is 11.8. The lowest BCUT2D eigenvalue weighted by molar-refractivity contribution is 0.174. The van der Waals surface area contributed by atoms with Crippen molar-refractivity contribution in [1.29, 1.82) is 0 Å². The van der Waals surface area contributed by atoms with Crippen LogP contribution in [0.3, 0.4) is 0 Å². The van der Waals surface area contributed by atoms with Crippen molar-refractivity contribution in [2.75, 3.05) is 11.9 Å². The summed E-state index contributed by atoms with van der Waals surface area (Å²) >= 11 is 0. The van der Waals surface area contributed by atoms with Crippen LogP contribution in [0.25, 0.3) is 0 Å². The molecule has 0 unspecified atom stereocenters. The zero-order valence-corrected chi connectivity index (χ0v) is 20.4. The van der Waals surface area contributed by atoms with Gasteiger partial charge in [0.25, 0.3) is 0 Å². The highest BCUT2D eigenvalue weighted by Crippen LogP contribution is 2.14. The average molecular weight is 424 g/mol. The van der Waals surface area contributed by atoms with Crippen LogP contribution >= 0.6 is 0 Å². The Balaban J connectivity index is 2.23. The summed E-state index contributed by atoms with van der Waals surface area (Å²) in [5.74, 6) is 0. The molecule has 0 heterocycles. The van der Waals surface area contributed by atoms with E-state index in [-0.39, 0.29) is 0 Å². The van der Waals surface area contributed by atoms with Crippen LogP contribution in [0.1, 0.15) is 78.7 Å². The van der Waals surface area contributed by atoms with E-state index < -0.39 is 6.09 Å². The molecule has 1 N–H and O–H groups in total. The first-order valence-electron chi connectivity index (χ1n) is 11.4. The molecule has 0 fully saturated rings. The molecule has 0 aliphatic carbocycles. The van der Waals surface area contributed by atoms with Gasteiger partial charge in [0.1, 0.15) is 6.61 Å². The van der Waals surface area contributed by atoms with E-state index in [1.54, 1.807) is 0 Å². The molecule has 170 valence electrons. The monoisotopic (exact) mass is 423 g/mol. The van der Waals surface area contributed by atoms with Crippen molar-refractivity contribution in [3.05, 3.63) is 76.4 Å². The van der Waals surface area contributed by atoms with Crippen molar-refractivity contribution in [3.8, 4) is 0 Å². The standard InChI is InChI=1S/C28H41NO2/c1-22(2)10-7-11-23(3)12-8-13-24(4)14-9-15-25(5)20-21-31-28(30)29-27-18-16-26(6)17-19-27/h10,12,14,16-20H,7-9,11,13,15,21H2,1-6H3,(H,29,30)/b23-12+,24-14+,25-20+. The first kappa shape index (κ1) is 26.5. The fourth-order valence-electron chi connectivity index (χ4n) is 3.04. The molecule has 0 aromatic heterocycles. The summed E-state index contributed by atoms with van der Waals surface area (Å²) in [5.41, 5.74) is 7.46. The van der Waals surface area contributed by atoms with Gasteiger partial charge in [0.15, 0.2) is 0 Å². The topological polar surface area (TPSA) is 38.3 Å². The molecule has 0 atom stereocenters. The second kappa shape index (κ2) is 15.3. The van der Waals surface area contributed by atoms with Crippen LogP contribution in [0.15, 0.2) is 70.9 Å². The smallest absolute Gasteiger partial charge is 0.411 e. The van der Waals surface area contributed by atoms with E-state index in [1.807, 2.05) is 37.3 Å². The van der Waals surface area contributed by atoms with Gasteiger partial charge >= 0.3 is 6.09 Å². The molecule has 1 amide bonds. The van der Waals surface area contributed by atoms with Gasteiger partial charge in [-0.15, -0.1) is 0 Å². The molecule has 3 nitrogen and oxygen atoms in total. The minimum absolute atomic E-state index is 0.295. The molecule has 31 heavy (non-hydrogen) atoms. The van der Waals surface area contributed by atoms with Crippen LogP contribution in [-0.4, -0.2) is 12.7 Å². The van der Waals surface area contributed by atoms with Crippen LogP contribution in [0.5, 0.6) is 0 Å². The highest BCUT2D eigenvalue weighted by Gasteiger charge is 2.01. The molecule has 0 aliphatic rings. The van der Waals surface area contributed by atoms with Crippen LogP contribution < -0.4 is 5.32 Å². The molecule has 3 heteroatoms. The fraction of sp³-hybridized carbons (Fsp3) is 0.464. The minimum Gasteiger partial charge on any atom is -0.445 e. The van der Waals surface area contributed by atoms with Crippen molar-refractivity contribution in [1.82, 2.24) is 0 Å². The predicted octanol–water partition coefficient (Wildman–Crippen LogP) is 8.69. The number of anilines is 1. The molecule has 1 aromatic rings. The summed E-state index contributed by atoms with van der Waals surface area (Å²) < 4.78 is 5.24. The van der Waals surface area contributed by atoms with E-state index in [4.69, 9.17) is 4.74 Å². The highest BCUT2D eigenvalue weighted by atomic mass is 16.5. The molecule has 1 rings (SSSR count). The zero-order valence-electron chi connectivity index (χ0n) is 20.4. The lowest BCUT2D eigenvalue weighted by Crippen LogP contribution is -2.13. The Hall–Kier alpha value is -2.55. The summed E-state index contributed by atoms with van der Waals surface area (Å²) in [6.07, 6.45) is 15.1. The number of aryl methyl sites for hydroxylation is 1. The molecule has 0 radical (unpaired) electrons. The molecule has 0 bridgehead atoms. The van der Waals surface area contributed by atoms with Crippen LogP contribution in [-0.2, 0) is 4.74 Å². The maximum absolute atomic E-state index is 11.8. The molecule has 0 spiro atoms. The van der Waals surface area contributed by atoms with E-state index in [1.165, 1.54) is 22.3 Å². The number of hydrogen-bond donors (Lipinski definition) is 1. The van der Waals surface area contributed by atoms with Gasteiger partial charge in [0.05, 0.1) is 0 Å². The summed E-state index contributed by atoms with van der Waals surface area (Å²) in [4.78, 5) is 11.8. The summed E-state index contributed by atoms with van der Waals surface area (Å²) in [6, 6.07) is 7.65. The van der Waals surface area contributed by atoms with Gasteiger partial charge in [-0.3, -0.25) is 5.32 Å². The largest absolute Gasteiger partial charge is 0.445 e. The number of ether oxygens (including phenoxy) is 1. The molecular weight excluding hydrogens is 382 g/mol. The number of carbonyl (C=O) groups is 1. The normalized spacial score (nSPS) is 12.5. The summed E-state index contributed by atoms with van der Waals surface area (Å²) in [5, 5.41) is 2.74. The lowest BCUT2D eigenvalue weighted by atomic mass is 10.0. The summed E-state index contributed by atoms with van der Waals surface area (Å²) in [7, 11) is 0. The van der Waals surface area contributed by atoms with Gasteiger partial charge in [-0.05, 0) is 98.3 Å². The Kier molecular flexibility index (Phi) is 13.1. The number of rotatable bonds is 12. The van der Waals surface area contributed by atoms with Crippen LogP contribution in [0.2, 0.25) is 0 Å². The van der Waals surface area contributed by atoms with Gasteiger partial charge in [0, 0.05) is 5.69 Å². The second-order valence-corrected chi connectivity index (χ2v) is 8.64. The number of carbonyl (C=O) groups excluding carboxylic acids is 1. The molecular formula is C28H41NO2. The first-order valence-corrected chi connectivity index (χ1v) is 11.4. The van der Waals surface area contributed by atoms with E-state index in [0.29, 0.717) is 6.61 Å². The van der Waals surface area contributed by atoms with Crippen molar-refractivity contribution in [3.63, 3.8) is 0 Å². The van der Waals surface area contributed by atoms with Crippen molar-refractivity contribution in [2.45, 2.75) is 80.1 Å². The van der Waals surface area contributed by atoms with Gasteiger partial charge in [-0.25, -0.2) is 4.79 Å². The number of benzene rings is 1. The first-order chi connectivity index (χ1) is 14.8. The van der Waals surface area contributed by atoms with Gasteiger partial charge < -0.3 is 4.74 Å². The Bertz CT molecular complexity index is 791. The number of allylic oxidation sites excluding steroid dienone is 7. The lowest BCUT2D eigenvalue weighted by Gasteiger charge is -2.06. The second-order valence-electron chi connectivity index (χ2n) is 8.64. The Morgan fingerprint density at radius 3 is 1.77 bits per heavy atom. The van der Waals surface area contributed by atoms with Gasteiger partial charge in [0.2, 0.25) is 0 Å². The minimum atomic E-state index is -0.423. The van der Waals surface area contributed by atoms with E-state index >= 15 is 0 Å². The molecule has 0 aliphatic heterocycles. The number of nitrogens with one attached hydrogen (secondary N) is 1. The van der Waals surface area contributed by atoms with Crippen molar-refractivity contribution >= 4 is 11.8 Å². The molecule has 0 saturated carbocycles. The highest BCUT2D eigenvalue weighted by molar-refractivity contribution is 5.84. The Morgan fingerprint density at radius 1 is 0.774 bits per heavy atom. The van der Waals surface area contributed by atoms with Crippen LogP contribution in [0.4, 0.5) is 10.5 Å². The maximum Gasteiger partial charge on any atom is 0.411 e. The molecule has 0 saturated heterocycles. The van der Waals surface area contributed by atoms with Crippen LogP contribution in [0, 0.1) is 6.92 Å². The SMILES string of the molecule is CC(C)=CCC/C(C)=C/CC/C(C)=C/CC/C(C)=C/COC(=O)Nc1ccc(C)cc1. The quantitative estimate of drug-likeness (QED) is 0.341. The van der Waals surface area contributed by atoms with Gasteiger partial charge in [-0.1, -0.05) is 58.2 Å². The number of amides is 1. The Labute approximate surface area is 190 Å². The fourth-order valence-corrected chi connectivity index (χ4v) is 3.04. The third-order valence-corrected chi connectivity index (χ3v) is 5.10. The van der Waals surface area contributed by atoms with E-state index in [9.17, 15) is 4.79 Å². The molecule has 1 aromatic carbocycles. The third-order valence-electron chi connectivity index (χ3n) is 5.10. The number of hydrogen-bond acceptors (Lipinski definition) is 2. The Morgan fingerprint density at radius 2 is 1.26 bits per heavy atom. The summed E-state index contributed by atoms with van der Waals surface area (Å²) in [6.45, 7) is 13.1. The van der Waals surface area contributed by atoms with E-state index in [2.05, 4.69) is 58.2 Å². The third kappa shape index (κ3) is 14.1. The van der Waals surface area contributed by atoms with Crippen molar-refractivity contribution < 1.29 is 9.53 Å². The van der Waals surface area contributed by atoms with Gasteiger partial charge in [-0.2, -0.15) is 0 Å². The zero-order chi connectivity index (χ0) is 23.1. The van der Waals surface area contributed by atoms with E-state index in [0.717, 1.165) is 49.8 Å².